The average Bonchev–Trinajstić information content (AvgIpc) is 3.11. The van der Waals surface area contributed by atoms with E-state index < -0.39 is 9.84 Å². The standard InChI is InChI=1S/C20H19ClN2O4S/c1-28(26,27)17-10-4-14(5-11-17)19-13-18(20(25)3-2-12-24)22-23(19)16-8-6-15(21)7-9-16/h4-11,13,24H,2-3,12H2,1H3. The number of hydrogen-bond acceptors (Lipinski definition) is 5. The van der Waals surface area contributed by atoms with Crippen molar-refractivity contribution < 1.29 is 18.3 Å². The van der Waals surface area contributed by atoms with E-state index in [-0.39, 0.29) is 29.4 Å². The van der Waals surface area contributed by atoms with Crippen molar-refractivity contribution in [1.82, 2.24) is 9.78 Å². The van der Waals surface area contributed by atoms with Crippen LogP contribution in [0.15, 0.2) is 59.5 Å². The zero-order chi connectivity index (χ0) is 20.3. The number of hydrogen-bond donors (Lipinski definition) is 1. The zero-order valence-electron chi connectivity index (χ0n) is 15.2. The molecule has 0 aliphatic rings. The molecule has 3 rings (SSSR count). The van der Waals surface area contributed by atoms with Crippen LogP contribution in [0.2, 0.25) is 5.02 Å². The van der Waals surface area contributed by atoms with Crippen LogP contribution in [0.4, 0.5) is 0 Å². The van der Waals surface area contributed by atoms with E-state index in [9.17, 15) is 13.2 Å². The van der Waals surface area contributed by atoms with Crippen LogP contribution in [0.1, 0.15) is 23.3 Å². The number of Topliss-reactive ketones (excluding diaryl/α,β-unsaturated/α-hetero) is 1. The number of benzene rings is 2. The van der Waals surface area contributed by atoms with Gasteiger partial charge in [0.05, 0.1) is 16.3 Å². The molecule has 146 valence electrons. The third-order valence-electron chi connectivity index (χ3n) is 4.21. The maximum atomic E-state index is 12.4. The molecule has 0 bridgehead atoms. The highest BCUT2D eigenvalue weighted by atomic mass is 35.5. The Bertz CT molecular complexity index is 1090. The number of halogens is 1. The van der Waals surface area contributed by atoms with Gasteiger partial charge in [0.2, 0.25) is 0 Å². The quantitative estimate of drug-likeness (QED) is 0.592. The molecular formula is C20H19ClN2O4S. The summed E-state index contributed by atoms with van der Waals surface area (Å²) in [6, 6.07) is 15.1. The smallest absolute Gasteiger partial charge is 0.183 e. The van der Waals surface area contributed by atoms with Gasteiger partial charge in [-0.05, 0) is 48.9 Å². The molecule has 0 fully saturated rings. The topological polar surface area (TPSA) is 89.3 Å². The van der Waals surface area contributed by atoms with Gasteiger partial charge in [-0.1, -0.05) is 23.7 Å². The highest BCUT2D eigenvalue weighted by Crippen LogP contribution is 2.26. The van der Waals surface area contributed by atoms with E-state index in [1.807, 2.05) is 0 Å². The highest BCUT2D eigenvalue weighted by Gasteiger charge is 2.17. The van der Waals surface area contributed by atoms with Crippen molar-refractivity contribution in [1.29, 1.82) is 0 Å². The first-order valence-corrected chi connectivity index (χ1v) is 10.9. The fourth-order valence-electron chi connectivity index (χ4n) is 2.74. The van der Waals surface area contributed by atoms with Crippen LogP contribution in [0.5, 0.6) is 0 Å². The van der Waals surface area contributed by atoms with Crippen LogP contribution in [-0.4, -0.2) is 42.0 Å². The molecule has 0 amide bonds. The molecular weight excluding hydrogens is 400 g/mol. The van der Waals surface area contributed by atoms with Gasteiger partial charge < -0.3 is 5.11 Å². The van der Waals surface area contributed by atoms with E-state index in [1.54, 1.807) is 47.1 Å². The minimum Gasteiger partial charge on any atom is -0.396 e. The van der Waals surface area contributed by atoms with E-state index in [4.69, 9.17) is 16.7 Å². The molecule has 6 nitrogen and oxygen atoms in total. The van der Waals surface area contributed by atoms with Gasteiger partial charge in [-0.3, -0.25) is 4.79 Å². The molecule has 0 radical (unpaired) electrons. The summed E-state index contributed by atoms with van der Waals surface area (Å²) in [4.78, 5) is 12.6. The molecule has 1 heterocycles. The summed E-state index contributed by atoms with van der Waals surface area (Å²) in [6.07, 6.45) is 1.71. The van der Waals surface area contributed by atoms with Crippen molar-refractivity contribution in [3.05, 3.63) is 65.3 Å². The number of aliphatic hydroxyl groups is 1. The number of carbonyl (C=O) groups excluding carboxylic acids is 1. The van der Waals surface area contributed by atoms with Crippen LogP contribution in [0, 0.1) is 0 Å². The fraction of sp³-hybridized carbons (Fsp3) is 0.200. The van der Waals surface area contributed by atoms with Gasteiger partial charge in [0.1, 0.15) is 5.69 Å². The van der Waals surface area contributed by atoms with Crippen LogP contribution in [0.25, 0.3) is 16.9 Å². The summed E-state index contributed by atoms with van der Waals surface area (Å²) in [6.45, 7) is -0.0660. The first-order chi connectivity index (χ1) is 13.3. The molecule has 2 aromatic carbocycles. The van der Waals surface area contributed by atoms with E-state index >= 15 is 0 Å². The molecule has 8 heteroatoms. The summed E-state index contributed by atoms with van der Waals surface area (Å²) in [7, 11) is -3.30. The molecule has 1 N–H and O–H groups in total. The Morgan fingerprint density at radius 2 is 1.75 bits per heavy atom. The predicted octanol–water partition coefficient (Wildman–Crippen LogP) is 3.55. The normalized spacial score (nSPS) is 11.5. The molecule has 3 aromatic rings. The molecule has 28 heavy (non-hydrogen) atoms. The maximum Gasteiger partial charge on any atom is 0.183 e. The Balaban J connectivity index is 2.08. The van der Waals surface area contributed by atoms with Crippen LogP contribution >= 0.6 is 11.6 Å². The third kappa shape index (κ3) is 4.49. The maximum absolute atomic E-state index is 12.4. The second-order valence-electron chi connectivity index (χ2n) is 6.35. The lowest BCUT2D eigenvalue weighted by Gasteiger charge is -2.08. The second-order valence-corrected chi connectivity index (χ2v) is 8.80. The lowest BCUT2D eigenvalue weighted by molar-refractivity contribution is 0.0966. The largest absolute Gasteiger partial charge is 0.396 e. The number of rotatable bonds is 7. The van der Waals surface area contributed by atoms with Crippen molar-refractivity contribution in [2.75, 3.05) is 12.9 Å². The molecule has 0 aliphatic carbocycles. The Hall–Kier alpha value is -2.48. The Morgan fingerprint density at radius 1 is 1.11 bits per heavy atom. The van der Waals surface area contributed by atoms with Crippen LogP contribution < -0.4 is 0 Å². The van der Waals surface area contributed by atoms with Gasteiger partial charge in [-0.15, -0.1) is 0 Å². The number of nitrogens with zero attached hydrogens (tertiary/aromatic N) is 2. The number of carbonyl (C=O) groups is 1. The summed E-state index contributed by atoms with van der Waals surface area (Å²) >= 11 is 5.96. The molecule has 0 saturated heterocycles. The second kappa shape index (κ2) is 8.26. The third-order valence-corrected chi connectivity index (χ3v) is 5.59. The molecule has 0 spiro atoms. The minimum absolute atomic E-state index is 0.0660. The van der Waals surface area contributed by atoms with E-state index in [0.29, 0.717) is 22.8 Å². The van der Waals surface area contributed by atoms with Gasteiger partial charge in [0.15, 0.2) is 15.6 Å². The highest BCUT2D eigenvalue weighted by molar-refractivity contribution is 7.90. The Morgan fingerprint density at radius 3 is 2.32 bits per heavy atom. The monoisotopic (exact) mass is 418 g/mol. The lowest BCUT2D eigenvalue weighted by Crippen LogP contribution is -2.04. The van der Waals surface area contributed by atoms with Crippen molar-refractivity contribution in [2.45, 2.75) is 17.7 Å². The number of aromatic nitrogens is 2. The predicted molar refractivity (Wildman–Crippen MR) is 108 cm³/mol. The van der Waals surface area contributed by atoms with Gasteiger partial charge in [0, 0.05) is 29.9 Å². The SMILES string of the molecule is CS(=O)(=O)c1ccc(-c2cc(C(=O)CCCO)nn2-c2ccc(Cl)cc2)cc1. The lowest BCUT2D eigenvalue weighted by atomic mass is 10.1. The number of ketones is 1. The number of aliphatic hydroxyl groups excluding tert-OH is 1. The first-order valence-electron chi connectivity index (χ1n) is 8.60. The summed E-state index contributed by atoms with van der Waals surface area (Å²) in [5.41, 5.74) is 2.36. The fourth-order valence-corrected chi connectivity index (χ4v) is 3.50. The van der Waals surface area contributed by atoms with E-state index in [2.05, 4.69) is 5.10 Å². The molecule has 0 atom stereocenters. The first kappa shape index (κ1) is 20.3. The zero-order valence-corrected chi connectivity index (χ0v) is 16.7. The average molecular weight is 419 g/mol. The van der Waals surface area contributed by atoms with Crippen LogP contribution in [0.3, 0.4) is 0 Å². The summed E-state index contributed by atoms with van der Waals surface area (Å²) < 4.78 is 25.0. The van der Waals surface area contributed by atoms with Crippen molar-refractivity contribution in [3.8, 4) is 16.9 Å². The Kier molecular flexibility index (Phi) is 5.98. The minimum atomic E-state index is -3.30. The molecule has 1 aromatic heterocycles. The molecule has 0 unspecified atom stereocenters. The molecule has 0 aliphatic heterocycles. The van der Waals surface area contributed by atoms with E-state index in [1.165, 1.54) is 12.1 Å². The van der Waals surface area contributed by atoms with Crippen LogP contribution in [-0.2, 0) is 9.84 Å². The van der Waals surface area contributed by atoms with Gasteiger partial charge >= 0.3 is 0 Å². The van der Waals surface area contributed by atoms with E-state index in [0.717, 1.165) is 11.8 Å². The van der Waals surface area contributed by atoms with Gasteiger partial charge in [0.25, 0.3) is 0 Å². The summed E-state index contributed by atoms with van der Waals surface area (Å²) in [5, 5.41) is 14.0. The van der Waals surface area contributed by atoms with Crippen molar-refractivity contribution in [2.24, 2.45) is 0 Å². The summed E-state index contributed by atoms with van der Waals surface area (Å²) in [5.74, 6) is -0.171. The Labute approximate surface area is 168 Å². The van der Waals surface area contributed by atoms with Crippen molar-refractivity contribution >= 4 is 27.2 Å². The van der Waals surface area contributed by atoms with Crippen molar-refractivity contribution in [3.63, 3.8) is 0 Å². The molecule has 0 saturated carbocycles. The van der Waals surface area contributed by atoms with Gasteiger partial charge in [-0.2, -0.15) is 5.10 Å². The van der Waals surface area contributed by atoms with Gasteiger partial charge in [-0.25, -0.2) is 13.1 Å². The number of sulfone groups is 1.